The third kappa shape index (κ3) is 4.43. The Morgan fingerprint density at radius 3 is 2.68 bits per heavy atom. The van der Waals surface area contributed by atoms with E-state index in [4.69, 9.17) is 4.42 Å². The van der Waals surface area contributed by atoms with Crippen molar-refractivity contribution in [1.82, 2.24) is 20.0 Å². The second kappa shape index (κ2) is 8.86. The number of nitrogens with zero attached hydrogens (tertiary/aromatic N) is 4. The van der Waals surface area contributed by atoms with Crippen LogP contribution in [0.4, 0.5) is 0 Å². The fourth-order valence-corrected chi connectivity index (χ4v) is 4.42. The molecule has 0 bridgehead atoms. The molecule has 4 rings (SSSR count). The molecule has 2 aromatic rings. The average Bonchev–Trinajstić information content (AvgIpc) is 3.22. The number of likely N-dealkylation sites (N-methyl/N-ethyl adjacent to an activating group) is 1. The van der Waals surface area contributed by atoms with Gasteiger partial charge >= 0.3 is 0 Å². The molecule has 28 heavy (non-hydrogen) atoms. The molecule has 6 heteroatoms. The Hall–Kier alpha value is -2.21. The molecule has 0 radical (unpaired) electrons. The molecule has 1 atom stereocenters. The third-order valence-corrected chi connectivity index (χ3v) is 6.08. The molecular weight excluding hydrogens is 352 g/mol. The first-order chi connectivity index (χ1) is 13.7. The number of hydrogen-bond donors (Lipinski definition) is 0. The zero-order chi connectivity index (χ0) is 19.3. The average molecular weight is 383 g/mol. The van der Waals surface area contributed by atoms with Crippen LogP contribution in [0.5, 0.6) is 0 Å². The van der Waals surface area contributed by atoms with E-state index in [0.29, 0.717) is 24.7 Å². The normalized spacial score (nSPS) is 21.8. The first kappa shape index (κ1) is 19.1. The quantitative estimate of drug-likeness (QED) is 0.791. The Labute approximate surface area is 166 Å². The van der Waals surface area contributed by atoms with Gasteiger partial charge in [0.15, 0.2) is 0 Å². The van der Waals surface area contributed by atoms with Crippen LogP contribution in [-0.2, 0) is 11.2 Å². The number of aromatic nitrogens is 2. The number of carbonyl (C=O) groups excluding carboxylic acids is 1. The van der Waals surface area contributed by atoms with Gasteiger partial charge in [-0.3, -0.25) is 4.79 Å². The van der Waals surface area contributed by atoms with Crippen molar-refractivity contribution in [2.45, 2.75) is 56.9 Å². The molecule has 1 amide bonds. The number of hydrogen-bond acceptors (Lipinski definition) is 5. The summed E-state index contributed by atoms with van der Waals surface area (Å²) in [7, 11) is 2.11. The van der Waals surface area contributed by atoms with Gasteiger partial charge in [-0.2, -0.15) is 0 Å². The lowest BCUT2D eigenvalue weighted by Gasteiger charge is -2.40. The summed E-state index contributed by atoms with van der Waals surface area (Å²) >= 11 is 0. The van der Waals surface area contributed by atoms with Crippen LogP contribution < -0.4 is 0 Å². The summed E-state index contributed by atoms with van der Waals surface area (Å²) in [5, 5.41) is 8.46. The van der Waals surface area contributed by atoms with Gasteiger partial charge in [0.05, 0.1) is 6.04 Å². The molecule has 150 valence electrons. The Balaban J connectivity index is 1.38. The summed E-state index contributed by atoms with van der Waals surface area (Å²) in [6.07, 6.45) is 7.00. The Morgan fingerprint density at radius 1 is 1.11 bits per heavy atom. The van der Waals surface area contributed by atoms with Crippen molar-refractivity contribution in [2.24, 2.45) is 0 Å². The first-order valence-corrected chi connectivity index (χ1v) is 10.6. The van der Waals surface area contributed by atoms with Gasteiger partial charge in [-0.1, -0.05) is 49.6 Å². The van der Waals surface area contributed by atoms with E-state index in [-0.39, 0.29) is 11.9 Å². The lowest BCUT2D eigenvalue weighted by Crippen LogP contribution is -2.49. The largest absolute Gasteiger partial charge is 0.425 e. The predicted molar refractivity (Wildman–Crippen MR) is 107 cm³/mol. The van der Waals surface area contributed by atoms with Gasteiger partial charge < -0.3 is 14.2 Å². The highest BCUT2D eigenvalue weighted by Gasteiger charge is 2.30. The minimum Gasteiger partial charge on any atom is -0.425 e. The standard InChI is InChI=1S/C22H30N4O2/c1-25-14-15-26(19(16-25)17-8-4-2-5-9-17)21(27)13-12-20-23-24-22(28-20)18-10-6-3-7-11-18/h2,4-5,8-9,18-19H,3,6-7,10-16H2,1H3/t19-/m1/s1. The van der Waals surface area contributed by atoms with Gasteiger partial charge in [0.2, 0.25) is 17.7 Å². The number of aryl methyl sites for hydroxylation is 1. The van der Waals surface area contributed by atoms with Crippen LogP contribution in [0.15, 0.2) is 34.7 Å². The predicted octanol–water partition coefficient (Wildman–Crippen LogP) is 3.57. The highest BCUT2D eigenvalue weighted by atomic mass is 16.4. The van der Waals surface area contributed by atoms with E-state index in [9.17, 15) is 4.79 Å². The summed E-state index contributed by atoms with van der Waals surface area (Å²) in [5.74, 6) is 1.94. The second-order valence-electron chi connectivity index (χ2n) is 8.14. The van der Waals surface area contributed by atoms with Gasteiger partial charge in [-0.25, -0.2) is 0 Å². The molecule has 0 spiro atoms. The van der Waals surface area contributed by atoms with Gasteiger partial charge in [0, 0.05) is 38.4 Å². The smallest absolute Gasteiger partial charge is 0.223 e. The molecule has 1 saturated carbocycles. The number of rotatable bonds is 5. The van der Waals surface area contributed by atoms with Crippen LogP contribution >= 0.6 is 0 Å². The topological polar surface area (TPSA) is 62.5 Å². The molecule has 1 aliphatic heterocycles. The van der Waals surface area contributed by atoms with Crippen molar-refractivity contribution >= 4 is 5.91 Å². The maximum Gasteiger partial charge on any atom is 0.223 e. The molecule has 1 aromatic carbocycles. The molecule has 0 N–H and O–H groups in total. The van der Waals surface area contributed by atoms with Crippen LogP contribution in [0.25, 0.3) is 0 Å². The van der Waals surface area contributed by atoms with E-state index < -0.39 is 0 Å². The summed E-state index contributed by atoms with van der Waals surface area (Å²) in [4.78, 5) is 17.3. The summed E-state index contributed by atoms with van der Waals surface area (Å²) in [5.41, 5.74) is 1.19. The molecule has 1 aliphatic carbocycles. The van der Waals surface area contributed by atoms with Gasteiger partial charge in [-0.05, 0) is 25.5 Å². The van der Waals surface area contributed by atoms with E-state index in [1.165, 1.54) is 24.8 Å². The number of amides is 1. The third-order valence-electron chi connectivity index (χ3n) is 6.08. The zero-order valence-electron chi connectivity index (χ0n) is 16.7. The SMILES string of the molecule is CN1CCN(C(=O)CCc2nnc(C3CCCCC3)o2)[C@@H](c2ccccc2)C1. The van der Waals surface area contributed by atoms with Gasteiger partial charge in [0.1, 0.15) is 0 Å². The molecule has 2 aliphatic rings. The van der Waals surface area contributed by atoms with Crippen molar-refractivity contribution in [3.8, 4) is 0 Å². The van der Waals surface area contributed by atoms with E-state index in [1.807, 2.05) is 23.1 Å². The second-order valence-corrected chi connectivity index (χ2v) is 8.14. The fraction of sp³-hybridized carbons (Fsp3) is 0.591. The maximum atomic E-state index is 13.0. The van der Waals surface area contributed by atoms with E-state index >= 15 is 0 Å². The van der Waals surface area contributed by atoms with Crippen LogP contribution in [0.3, 0.4) is 0 Å². The molecule has 1 saturated heterocycles. The van der Waals surface area contributed by atoms with Crippen molar-refractivity contribution in [3.63, 3.8) is 0 Å². The zero-order valence-corrected chi connectivity index (χ0v) is 16.7. The van der Waals surface area contributed by atoms with Crippen molar-refractivity contribution in [2.75, 3.05) is 26.7 Å². The first-order valence-electron chi connectivity index (χ1n) is 10.6. The Morgan fingerprint density at radius 2 is 1.89 bits per heavy atom. The number of benzene rings is 1. The van der Waals surface area contributed by atoms with Crippen molar-refractivity contribution < 1.29 is 9.21 Å². The van der Waals surface area contributed by atoms with Crippen LogP contribution in [-0.4, -0.2) is 52.6 Å². The van der Waals surface area contributed by atoms with Gasteiger partial charge in [0.25, 0.3) is 0 Å². The minimum atomic E-state index is 0.105. The summed E-state index contributed by atoms with van der Waals surface area (Å²) in [6.45, 7) is 2.52. The highest BCUT2D eigenvalue weighted by molar-refractivity contribution is 5.77. The maximum absolute atomic E-state index is 13.0. The van der Waals surface area contributed by atoms with Crippen LogP contribution in [0, 0.1) is 0 Å². The van der Waals surface area contributed by atoms with Gasteiger partial charge in [-0.15, -0.1) is 10.2 Å². The molecule has 2 fully saturated rings. The minimum absolute atomic E-state index is 0.105. The number of piperazine rings is 1. The Bertz CT molecular complexity index is 770. The summed E-state index contributed by atoms with van der Waals surface area (Å²) < 4.78 is 5.89. The van der Waals surface area contributed by atoms with Crippen molar-refractivity contribution in [1.29, 1.82) is 0 Å². The summed E-state index contributed by atoms with van der Waals surface area (Å²) in [6, 6.07) is 10.4. The monoisotopic (exact) mass is 382 g/mol. The molecule has 6 nitrogen and oxygen atoms in total. The van der Waals surface area contributed by atoms with E-state index in [0.717, 1.165) is 38.4 Å². The molecular formula is C22H30N4O2. The lowest BCUT2D eigenvalue weighted by atomic mass is 9.89. The molecule has 1 aromatic heterocycles. The van der Waals surface area contributed by atoms with Crippen LogP contribution in [0.1, 0.15) is 67.8 Å². The van der Waals surface area contributed by atoms with E-state index in [1.54, 1.807) is 0 Å². The fourth-order valence-electron chi connectivity index (χ4n) is 4.42. The highest BCUT2D eigenvalue weighted by Crippen LogP contribution is 2.32. The Kier molecular flexibility index (Phi) is 6.05. The molecule has 0 unspecified atom stereocenters. The van der Waals surface area contributed by atoms with Crippen LogP contribution in [0.2, 0.25) is 0 Å². The molecule has 2 heterocycles. The number of carbonyl (C=O) groups is 1. The van der Waals surface area contributed by atoms with E-state index in [2.05, 4.69) is 34.3 Å². The van der Waals surface area contributed by atoms with Crippen molar-refractivity contribution in [3.05, 3.63) is 47.7 Å². The lowest BCUT2D eigenvalue weighted by molar-refractivity contribution is -0.136.